The van der Waals surface area contributed by atoms with Crippen molar-refractivity contribution in [3.63, 3.8) is 0 Å². The average Bonchev–Trinajstić information content (AvgIpc) is 2.47. The van der Waals surface area contributed by atoms with Gasteiger partial charge in [0.25, 0.3) is 0 Å². The van der Waals surface area contributed by atoms with Crippen molar-refractivity contribution >= 4 is 5.78 Å². The summed E-state index contributed by atoms with van der Waals surface area (Å²) in [4.78, 5) is 12.2. The average molecular weight is 261 g/mol. The molecule has 104 valence electrons. The van der Waals surface area contributed by atoms with Gasteiger partial charge in [-0.3, -0.25) is 4.79 Å². The van der Waals surface area contributed by atoms with Gasteiger partial charge in [0, 0.05) is 18.0 Å². The molecule has 1 aliphatic rings. The number of hydrogen-bond acceptors (Lipinski definition) is 3. The highest BCUT2D eigenvalue weighted by molar-refractivity contribution is 5.96. The van der Waals surface area contributed by atoms with E-state index in [1.54, 1.807) is 7.11 Å². The predicted molar refractivity (Wildman–Crippen MR) is 76.7 cm³/mol. The van der Waals surface area contributed by atoms with E-state index in [0.717, 1.165) is 30.2 Å². The van der Waals surface area contributed by atoms with Gasteiger partial charge in [-0.15, -0.1) is 0 Å². The van der Waals surface area contributed by atoms with E-state index < -0.39 is 0 Å². The van der Waals surface area contributed by atoms with Crippen LogP contribution in [0, 0.1) is 5.92 Å². The van der Waals surface area contributed by atoms with Crippen molar-refractivity contribution < 1.29 is 9.53 Å². The molecule has 2 unspecified atom stereocenters. The monoisotopic (exact) mass is 261 g/mol. The van der Waals surface area contributed by atoms with Gasteiger partial charge in [0.15, 0.2) is 5.78 Å². The van der Waals surface area contributed by atoms with Crippen LogP contribution in [0.3, 0.4) is 0 Å². The summed E-state index contributed by atoms with van der Waals surface area (Å²) < 4.78 is 5.10. The van der Waals surface area contributed by atoms with Crippen LogP contribution >= 0.6 is 0 Å². The molecule has 2 rings (SSSR count). The summed E-state index contributed by atoms with van der Waals surface area (Å²) in [5.41, 5.74) is 0.779. The van der Waals surface area contributed by atoms with Gasteiger partial charge < -0.3 is 10.1 Å². The molecular weight excluding hydrogens is 238 g/mol. The minimum Gasteiger partial charge on any atom is -0.497 e. The lowest BCUT2D eigenvalue weighted by Crippen LogP contribution is -2.39. The maximum absolute atomic E-state index is 12.2. The Balaban J connectivity index is 1.92. The fourth-order valence-corrected chi connectivity index (χ4v) is 2.74. The fourth-order valence-electron chi connectivity index (χ4n) is 2.74. The zero-order valence-corrected chi connectivity index (χ0v) is 11.8. The smallest absolute Gasteiger partial charge is 0.164 e. The molecule has 0 bridgehead atoms. The molecule has 1 saturated heterocycles. The molecular formula is C16H23NO2. The van der Waals surface area contributed by atoms with Crippen LogP contribution in [0.25, 0.3) is 0 Å². The van der Waals surface area contributed by atoms with Crippen LogP contribution < -0.4 is 10.1 Å². The maximum Gasteiger partial charge on any atom is 0.164 e. The Morgan fingerprint density at radius 2 is 2.11 bits per heavy atom. The Kier molecular flexibility index (Phi) is 4.97. The number of Topliss-reactive ketones (excluding diaryl/α,β-unsaturated/α-hetero) is 1. The molecule has 1 aliphatic heterocycles. The van der Waals surface area contributed by atoms with Crippen LogP contribution in [0.15, 0.2) is 24.3 Å². The minimum atomic E-state index is 0.219. The summed E-state index contributed by atoms with van der Waals surface area (Å²) in [6.45, 7) is 3.28. The van der Waals surface area contributed by atoms with E-state index in [-0.39, 0.29) is 5.78 Å². The second-order valence-corrected chi connectivity index (χ2v) is 5.31. The Hall–Kier alpha value is -1.35. The third-order valence-electron chi connectivity index (χ3n) is 4.02. The molecule has 1 aromatic rings. The number of rotatable bonds is 5. The topological polar surface area (TPSA) is 38.3 Å². The van der Waals surface area contributed by atoms with Gasteiger partial charge >= 0.3 is 0 Å². The molecule has 3 heteroatoms. The van der Waals surface area contributed by atoms with E-state index in [1.165, 1.54) is 12.8 Å². The highest BCUT2D eigenvalue weighted by Crippen LogP contribution is 2.22. The van der Waals surface area contributed by atoms with Crippen LogP contribution in [-0.4, -0.2) is 25.5 Å². The number of ketones is 1. The van der Waals surface area contributed by atoms with E-state index in [1.807, 2.05) is 24.3 Å². The number of ether oxygens (including phenoxy) is 1. The molecule has 0 aliphatic carbocycles. The highest BCUT2D eigenvalue weighted by Gasteiger charge is 2.22. The normalized spacial score (nSPS) is 23.1. The summed E-state index contributed by atoms with van der Waals surface area (Å²) in [6, 6.07) is 7.73. The lowest BCUT2D eigenvalue weighted by Gasteiger charge is -2.29. The van der Waals surface area contributed by atoms with Gasteiger partial charge in [-0.25, -0.2) is 0 Å². The molecule has 3 nitrogen and oxygen atoms in total. The molecule has 19 heavy (non-hydrogen) atoms. The van der Waals surface area contributed by atoms with Gasteiger partial charge in [-0.2, -0.15) is 0 Å². The summed E-state index contributed by atoms with van der Waals surface area (Å²) in [7, 11) is 1.63. The van der Waals surface area contributed by atoms with E-state index in [4.69, 9.17) is 4.74 Å². The second-order valence-electron chi connectivity index (χ2n) is 5.31. The number of methoxy groups -OCH3 is 1. The number of benzene rings is 1. The summed E-state index contributed by atoms with van der Waals surface area (Å²) in [6.07, 6.45) is 4.18. The molecule has 0 spiro atoms. The lowest BCUT2D eigenvalue weighted by atomic mass is 9.87. The first-order valence-corrected chi connectivity index (χ1v) is 7.13. The van der Waals surface area contributed by atoms with Crippen molar-refractivity contribution in [1.29, 1.82) is 0 Å². The Morgan fingerprint density at radius 1 is 1.37 bits per heavy atom. The Bertz CT molecular complexity index is 413. The van der Waals surface area contributed by atoms with E-state index in [0.29, 0.717) is 12.5 Å². The lowest BCUT2D eigenvalue weighted by molar-refractivity contribution is 0.0957. The molecule has 0 amide bonds. The molecule has 0 saturated carbocycles. The third-order valence-corrected chi connectivity index (χ3v) is 4.02. The largest absolute Gasteiger partial charge is 0.497 e. The standard InChI is InChI=1S/C16H23NO2/c1-3-12-8-9-17-14(10-12)11-16(18)13-4-6-15(19-2)7-5-13/h4-7,12,14,17H,3,8-11H2,1-2H3. The van der Waals surface area contributed by atoms with Gasteiger partial charge in [0.1, 0.15) is 5.75 Å². The van der Waals surface area contributed by atoms with E-state index >= 15 is 0 Å². The zero-order chi connectivity index (χ0) is 13.7. The number of nitrogens with one attached hydrogen (secondary N) is 1. The first-order chi connectivity index (χ1) is 9.22. The molecule has 1 fully saturated rings. The van der Waals surface area contributed by atoms with Crippen molar-refractivity contribution in [2.75, 3.05) is 13.7 Å². The van der Waals surface area contributed by atoms with Gasteiger partial charge in [-0.1, -0.05) is 13.3 Å². The summed E-state index contributed by atoms with van der Waals surface area (Å²) >= 11 is 0. The summed E-state index contributed by atoms with van der Waals surface area (Å²) in [5, 5.41) is 3.46. The molecule has 1 heterocycles. The van der Waals surface area contributed by atoms with E-state index in [9.17, 15) is 4.79 Å². The minimum absolute atomic E-state index is 0.219. The molecule has 0 aromatic heterocycles. The quantitative estimate of drug-likeness (QED) is 0.828. The Labute approximate surface area is 115 Å². The van der Waals surface area contributed by atoms with Crippen molar-refractivity contribution in [3.8, 4) is 5.75 Å². The van der Waals surface area contributed by atoms with Crippen molar-refractivity contribution in [2.45, 2.75) is 38.6 Å². The number of carbonyl (C=O) groups excluding carboxylic acids is 1. The number of hydrogen-bond donors (Lipinski definition) is 1. The maximum atomic E-state index is 12.2. The van der Waals surface area contributed by atoms with Gasteiger partial charge in [-0.05, 0) is 49.6 Å². The zero-order valence-electron chi connectivity index (χ0n) is 11.8. The number of piperidine rings is 1. The SMILES string of the molecule is CCC1CCNC(CC(=O)c2ccc(OC)cc2)C1. The van der Waals surface area contributed by atoms with Crippen molar-refractivity contribution in [3.05, 3.63) is 29.8 Å². The second kappa shape index (κ2) is 6.71. The predicted octanol–water partition coefficient (Wildman–Crippen LogP) is 3.05. The first-order valence-electron chi connectivity index (χ1n) is 7.13. The van der Waals surface area contributed by atoms with Gasteiger partial charge in [0.05, 0.1) is 7.11 Å². The van der Waals surface area contributed by atoms with Crippen LogP contribution in [0.5, 0.6) is 5.75 Å². The van der Waals surface area contributed by atoms with Crippen LogP contribution in [0.2, 0.25) is 0 Å². The molecule has 2 atom stereocenters. The van der Waals surface area contributed by atoms with Gasteiger partial charge in [0.2, 0.25) is 0 Å². The van der Waals surface area contributed by atoms with E-state index in [2.05, 4.69) is 12.2 Å². The summed E-state index contributed by atoms with van der Waals surface area (Å²) in [5.74, 6) is 1.78. The molecule has 0 radical (unpaired) electrons. The molecule has 1 aromatic carbocycles. The first kappa shape index (κ1) is 14.1. The number of carbonyl (C=O) groups is 1. The molecule has 1 N–H and O–H groups in total. The van der Waals surface area contributed by atoms with Crippen LogP contribution in [-0.2, 0) is 0 Å². The van der Waals surface area contributed by atoms with Crippen molar-refractivity contribution in [1.82, 2.24) is 5.32 Å². The van der Waals surface area contributed by atoms with Crippen molar-refractivity contribution in [2.24, 2.45) is 5.92 Å². The third kappa shape index (κ3) is 3.80. The van der Waals surface area contributed by atoms with Crippen LogP contribution in [0.4, 0.5) is 0 Å². The van der Waals surface area contributed by atoms with Crippen LogP contribution in [0.1, 0.15) is 43.0 Å². The Morgan fingerprint density at radius 3 is 2.74 bits per heavy atom. The fraction of sp³-hybridized carbons (Fsp3) is 0.562. The highest BCUT2D eigenvalue weighted by atomic mass is 16.5.